The van der Waals surface area contributed by atoms with Crippen LogP contribution in [-0.4, -0.2) is 27.9 Å². The van der Waals surface area contributed by atoms with Crippen LogP contribution in [0.3, 0.4) is 0 Å². The van der Waals surface area contributed by atoms with E-state index in [1.165, 1.54) is 12.8 Å². The SMILES string of the molecule is O=C[C@@H]1[C@H](C/C=C\CCCC(=O)O)[C@@H]2CC[C@H]1S2. The molecule has 0 aromatic carbocycles. The van der Waals surface area contributed by atoms with Crippen LogP contribution >= 0.6 is 11.8 Å². The fourth-order valence-corrected chi connectivity index (χ4v) is 4.99. The van der Waals surface area contributed by atoms with E-state index in [2.05, 4.69) is 12.2 Å². The summed E-state index contributed by atoms with van der Waals surface area (Å²) in [6.45, 7) is 0. The van der Waals surface area contributed by atoms with Crippen molar-refractivity contribution in [2.45, 2.75) is 49.0 Å². The van der Waals surface area contributed by atoms with E-state index < -0.39 is 5.97 Å². The van der Waals surface area contributed by atoms with Crippen LogP contribution in [0.5, 0.6) is 0 Å². The van der Waals surface area contributed by atoms with Gasteiger partial charge >= 0.3 is 5.97 Å². The first kappa shape index (κ1) is 13.7. The third kappa shape index (κ3) is 3.16. The van der Waals surface area contributed by atoms with E-state index in [9.17, 15) is 9.59 Å². The monoisotopic (exact) mass is 268 g/mol. The molecule has 4 atom stereocenters. The van der Waals surface area contributed by atoms with Crippen molar-refractivity contribution in [3.63, 3.8) is 0 Å². The van der Waals surface area contributed by atoms with Crippen LogP contribution in [0.15, 0.2) is 12.2 Å². The van der Waals surface area contributed by atoms with Crippen LogP contribution in [0, 0.1) is 11.8 Å². The molecule has 2 heterocycles. The summed E-state index contributed by atoms with van der Waals surface area (Å²) in [5.41, 5.74) is 0. The summed E-state index contributed by atoms with van der Waals surface area (Å²) in [6, 6.07) is 0. The number of carbonyl (C=O) groups excluding carboxylic acids is 1. The zero-order valence-corrected chi connectivity index (χ0v) is 11.3. The van der Waals surface area contributed by atoms with E-state index in [0.29, 0.717) is 22.8 Å². The molecule has 0 aromatic heterocycles. The maximum Gasteiger partial charge on any atom is 0.303 e. The molecule has 0 saturated carbocycles. The van der Waals surface area contributed by atoms with E-state index in [4.69, 9.17) is 5.11 Å². The fourth-order valence-electron chi connectivity index (χ4n) is 3.05. The van der Waals surface area contributed by atoms with Gasteiger partial charge in [0.25, 0.3) is 0 Å². The van der Waals surface area contributed by atoms with Gasteiger partial charge in [0.15, 0.2) is 0 Å². The zero-order valence-electron chi connectivity index (χ0n) is 10.5. The minimum absolute atomic E-state index is 0.241. The molecule has 2 rings (SSSR count). The summed E-state index contributed by atoms with van der Waals surface area (Å²) in [5, 5.41) is 9.76. The van der Waals surface area contributed by atoms with E-state index >= 15 is 0 Å². The van der Waals surface area contributed by atoms with Crippen LogP contribution in [-0.2, 0) is 9.59 Å². The van der Waals surface area contributed by atoms with E-state index in [1.807, 2.05) is 11.8 Å². The van der Waals surface area contributed by atoms with Crippen molar-refractivity contribution in [1.29, 1.82) is 0 Å². The Balaban J connectivity index is 1.71. The van der Waals surface area contributed by atoms with Crippen molar-refractivity contribution in [3.8, 4) is 0 Å². The number of carbonyl (C=O) groups is 2. The minimum atomic E-state index is -0.728. The summed E-state index contributed by atoms with van der Waals surface area (Å²) in [5.74, 6) is 0.0355. The number of hydrogen-bond donors (Lipinski definition) is 1. The molecule has 0 amide bonds. The van der Waals surface area contributed by atoms with Gasteiger partial charge in [0, 0.05) is 22.8 Å². The maximum absolute atomic E-state index is 11.1. The number of rotatable bonds is 7. The largest absolute Gasteiger partial charge is 0.481 e. The lowest BCUT2D eigenvalue weighted by atomic mass is 9.78. The van der Waals surface area contributed by atoms with Gasteiger partial charge in [-0.25, -0.2) is 0 Å². The van der Waals surface area contributed by atoms with Crippen molar-refractivity contribution >= 4 is 24.0 Å². The number of carboxylic acids is 1. The van der Waals surface area contributed by atoms with Gasteiger partial charge in [-0.15, -0.1) is 0 Å². The molecule has 100 valence electrons. The standard InChI is InChI=1S/C14H20O3S/c15-9-11-10(12-7-8-13(11)18-12)5-3-1-2-4-6-14(16)17/h1,3,9-13H,2,4-8H2,(H,16,17)/b3-1-/t10-,11+,12-,13+/m0/s1. The number of carboxylic acid groups (broad SMARTS) is 1. The second kappa shape index (κ2) is 6.41. The molecule has 3 nitrogen and oxygen atoms in total. The number of aldehydes is 1. The highest BCUT2D eigenvalue weighted by atomic mass is 32.2. The highest BCUT2D eigenvalue weighted by Crippen LogP contribution is 2.53. The van der Waals surface area contributed by atoms with Gasteiger partial charge < -0.3 is 9.90 Å². The number of allylic oxidation sites excluding steroid dienone is 2. The van der Waals surface area contributed by atoms with Crippen LogP contribution in [0.1, 0.15) is 38.5 Å². The number of thioether (sulfide) groups is 1. The Morgan fingerprint density at radius 2 is 2.06 bits per heavy atom. The lowest BCUT2D eigenvalue weighted by molar-refractivity contribution is -0.137. The Morgan fingerprint density at radius 1 is 1.28 bits per heavy atom. The lowest BCUT2D eigenvalue weighted by Crippen LogP contribution is -2.27. The van der Waals surface area contributed by atoms with Gasteiger partial charge in [-0.1, -0.05) is 12.2 Å². The Labute approximate surface area is 112 Å². The molecule has 1 N–H and O–H groups in total. The fraction of sp³-hybridized carbons (Fsp3) is 0.714. The molecule has 0 radical (unpaired) electrons. The highest BCUT2D eigenvalue weighted by Gasteiger charge is 2.47. The highest BCUT2D eigenvalue weighted by molar-refractivity contribution is 8.01. The number of aliphatic carboxylic acids is 1. The molecular formula is C14H20O3S. The third-order valence-corrected chi connectivity index (χ3v) is 5.81. The molecule has 2 bridgehead atoms. The van der Waals surface area contributed by atoms with E-state index in [-0.39, 0.29) is 12.3 Å². The lowest BCUT2D eigenvalue weighted by Gasteiger charge is -2.24. The second-order valence-electron chi connectivity index (χ2n) is 5.16. The van der Waals surface area contributed by atoms with Crippen LogP contribution in [0.4, 0.5) is 0 Å². The van der Waals surface area contributed by atoms with Gasteiger partial charge in [0.1, 0.15) is 6.29 Å². The first-order chi connectivity index (χ1) is 8.72. The smallest absolute Gasteiger partial charge is 0.303 e. The molecular weight excluding hydrogens is 248 g/mol. The van der Waals surface area contributed by atoms with Crippen molar-refractivity contribution in [2.75, 3.05) is 0 Å². The Morgan fingerprint density at radius 3 is 2.78 bits per heavy atom. The van der Waals surface area contributed by atoms with Crippen LogP contribution in [0.2, 0.25) is 0 Å². The molecule has 2 aliphatic heterocycles. The minimum Gasteiger partial charge on any atom is -0.481 e. The van der Waals surface area contributed by atoms with Crippen molar-refractivity contribution < 1.29 is 14.7 Å². The summed E-state index contributed by atoms with van der Waals surface area (Å²) < 4.78 is 0. The molecule has 0 unspecified atom stereocenters. The van der Waals surface area contributed by atoms with Gasteiger partial charge in [-0.05, 0) is 38.0 Å². The van der Waals surface area contributed by atoms with Crippen LogP contribution < -0.4 is 0 Å². The first-order valence-electron chi connectivity index (χ1n) is 6.70. The summed E-state index contributed by atoms with van der Waals surface area (Å²) in [6.07, 6.45) is 10.6. The third-order valence-electron chi connectivity index (χ3n) is 3.98. The molecule has 18 heavy (non-hydrogen) atoms. The van der Waals surface area contributed by atoms with Gasteiger partial charge in [0.05, 0.1) is 0 Å². The Bertz CT molecular complexity index is 340. The first-order valence-corrected chi connectivity index (χ1v) is 7.64. The summed E-state index contributed by atoms with van der Waals surface area (Å²) in [4.78, 5) is 21.5. The van der Waals surface area contributed by atoms with Crippen molar-refractivity contribution in [1.82, 2.24) is 0 Å². The van der Waals surface area contributed by atoms with Gasteiger partial charge in [-0.3, -0.25) is 4.79 Å². The Hall–Kier alpha value is -0.770. The van der Waals surface area contributed by atoms with Crippen molar-refractivity contribution in [3.05, 3.63) is 12.2 Å². The predicted molar refractivity (Wildman–Crippen MR) is 72.7 cm³/mol. The van der Waals surface area contributed by atoms with Crippen molar-refractivity contribution in [2.24, 2.45) is 11.8 Å². The molecule has 2 saturated heterocycles. The molecule has 0 aliphatic carbocycles. The summed E-state index contributed by atoms with van der Waals surface area (Å²) >= 11 is 2.00. The van der Waals surface area contributed by atoms with Gasteiger partial charge in [0.2, 0.25) is 0 Å². The zero-order chi connectivity index (χ0) is 13.0. The quantitative estimate of drug-likeness (QED) is 0.438. The number of hydrogen-bond acceptors (Lipinski definition) is 3. The molecule has 0 spiro atoms. The topological polar surface area (TPSA) is 54.4 Å². The normalized spacial score (nSPS) is 34.2. The maximum atomic E-state index is 11.1. The molecule has 0 aromatic rings. The van der Waals surface area contributed by atoms with Crippen LogP contribution in [0.25, 0.3) is 0 Å². The summed E-state index contributed by atoms with van der Waals surface area (Å²) in [7, 11) is 0. The average Bonchev–Trinajstić information content (AvgIpc) is 2.93. The van der Waals surface area contributed by atoms with E-state index in [1.54, 1.807) is 0 Å². The average molecular weight is 268 g/mol. The molecule has 2 aliphatic rings. The Kier molecular flexibility index (Phi) is 4.87. The predicted octanol–water partition coefficient (Wildman–Crippen LogP) is 2.90. The van der Waals surface area contributed by atoms with Gasteiger partial charge in [-0.2, -0.15) is 11.8 Å². The molecule has 4 heteroatoms. The number of unbranched alkanes of at least 4 members (excludes halogenated alkanes) is 1. The number of fused-ring (bicyclic) bond motifs is 2. The second-order valence-corrected chi connectivity index (χ2v) is 6.64. The molecule has 2 fully saturated rings. The van der Waals surface area contributed by atoms with E-state index in [0.717, 1.165) is 19.1 Å².